The van der Waals surface area contributed by atoms with E-state index in [9.17, 15) is 8.42 Å². The third-order valence-corrected chi connectivity index (χ3v) is 2.31. The minimum absolute atomic E-state index is 0. The van der Waals surface area contributed by atoms with Crippen molar-refractivity contribution in [1.29, 1.82) is 0 Å². The molecule has 0 aromatic carbocycles. The minimum atomic E-state index is -3.71. The molecule has 5 heteroatoms. The quantitative estimate of drug-likeness (QED) is 0.337. The summed E-state index contributed by atoms with van der Waals surface area (Å²) in [5.74, 6) is -0.0866. The van der Waals surface area contributed by atoms with Gasteiger partial charge < -0.3 is 0 Å². The Morgan fingerprint density at radius 1 is 1.08 bits per heavy atom. The van der Waals surface area contributed by atoms with Crippen LogP contribution < -0.4 is 29.6 Å². The van der Waals surface area contributed by atoms with Gasteiger partial charge >= 0.3 is 29.6 Å². The van der Waals surface area contributed by atoms with E-state index in [1.54, 1.807) is 0 Å². The van der Waals surface area contributed by atoms with Crippen LogP contribution in [-0.2, 0) is 10.1 Å². The minimum Gasteiger partial charge on any atom is -0.286 e. The summed E-state index contributed by atoms with van der Waals surface area (Å²) in [5.41, 5.74) is 0. The van der Waals surface area contributed by atoms with Gasteiger partial charge in [0.1, 0.15) is 0 Å². The molecule has 0 aliphatic rings. The molecule has 0 amide bonds. The molecule has 0 heterocycles. The van der Waals surface area contributed by atoms with E-state index in [1.807, 2.05) is 0 Å². The van der Waals surface area contributed by atoms with Crippen molar-refractivity contribution in [3.05, 3.63) is 0 Å². The van der Waals surface area contributed by atoms with Crippen LogP contribution in [0.2, 0.25) is 0 Å². The second-order valence-corrected chi connectivity index (χ2v) is 4.27. The van der Waals surface area contributed by atoms with Gasteiger partial charge in [-0.2, -0.15) is 8.42 Å². The molecule has 0 radical (unpaired) electrons. The van der Waals surface area contributed by atoms with E-state index in [0.717, 1.165) is 25.7 Å². The second kappa shape index (κ2) is 8.51. The molecule has 0 spiro atoms. The molecule has 0 aromatic heterocycles. The van der Waals surface area contributed by atoms with E-state index in [-0.39, 0.29) is 35.3 Å². The Bertz CT molecular complexity index is 177. The molecule has 0 rings (SSSR count). The summed E-state index contributed by atoms with van der Waals surface area (Å²) < 4.78 is 28.8. The summed E-state index contributed by atoms with van der Waals surface area (Å²) in [6.45, 7) is 2.10. The molecule has 0 atom stereocenters. The van der Waals surface area contributed by atoms with E-state index in [0.29, 0.717) is 6.42 Å². The van der Waals surface area contributed by atoms with Crippen molar-refractivity contribution in [1.82, 2.24) is 0 Å². The Kier molecular flexibility index (Phi) is 10.9. The largest absolute Gasteiger partial charge is 1.00 e. The Hall–Kier alpha value is 0.910. The predicted octanol–water partition coefficient (Wildman–Crippen LogP) is -1.15. The number of hydrogen-bond acceptors (Lipinski definition) is 2. The Morgan fingerprint density at radius 2 is 1.58 bits per heavy atom. The van der Waals surface area contributed by atoms with E-state index in [1.165, 1.54) is 0 Å². The Balaban J connectivity index is 0. The van der Waals surface area contributed by atoms with Crippen molar-refractivity contribution in [2.45, 2.75) is 39.0 Å². The molecule has 0 saturated carbocycles. The summed E-state index contributed by atoms with van der Waals surface area (Å²) >= 11 is 0. The summed E-state index contributed by atoms with van der Waals surface area (Å²) in [4.78, 5) is 0. The van der Waals surface area contributed by atoms with Crippen LogP contribution >= 0.6 is 0 Å². The topological polar surface area (TPSA) is 54.4 Å². The van der Waals surface area contributed by atoms with Crippen molar-refractivity contribution in [3.8, 4) is 0 Å². The average molecular weight is 203 g/mol. The van der Waals surface area contributed by atoms with Crippen LogP contribution in [0.15, 0.2) is 0 Å². The van der Waals surface area contributed by atoms with E-state index in [2.05, 4.69) is 6.92 Å². The van der Waals surface area contributed by atoms with E-state index >= 15 is 0 Å². The van der Waals surface area contributed by atoms with Crippen molar-refractivity contribution in [3.63, 3.8) is 0 Å². The Morgan fingerprint density at radius 3 is 2.00 bits per heavy atom. The van der Waals surface area contributed by atoms with Crippen molar-refractivity contribution in [2.75, 3.05) is 5.75 Å². The maximum Gasteiger partial charge on any atom is 1.00 e. The van der Waals surface area contributed by atoms with Gasteiger partial charge in [-0.1, -0.05) is 32.6 Å². The molecule has 3 nitrogen and oxygen atoms in total. The van der Waals surface area contributed by atoms with Gasteiger partial charge in [0, 0.05) is 0 Å². The zero-order chi connectivity index (χ0) is 8.74. The second-order valence-electron chi connectivity index (χ2n) is 2.70. The van der Waals surface area contributed by atoms with Crippen molar-refractivity contribution in [2.24, 2.45) is 0 Å². The first kappa shape index (κ1) is 15.4. The molecule has 12 heavy (non-hydrogen) atoms. The SMILES string of the molecule is CCCCCCCS(=O)(=O)O.[Na+]. The fourth-order valence-corrected chi connectivity index (χ4v) is 1.46. The van der Waals surface area contributed by atoms with Gasteiger partial charge in [-0.25, -0.2) is 0 Å². The number of rotatable bonds is 6. The van der Waals surface area contributed by atoms with Crippen LogP contribution in [0.5, 0.6) is 0 Å². The molecule has 1 N–H and O–H groups in total. The van der Waals surface area contributed by atoms with Gasteiger partial charge in [0.2, 0.25) is 0 Å². The van der Waals surface area contributed by atoms with Crippen LogP contribution in [0.3, 0.4) is 0 Å². The smallest absolute Gasteiger partial charge is 0.286 e. The third-order valence-electron chi connectivity index (χ3n) is 1.51. The normalized spacial score (nSPS) is 10.8. The van der Waals surface area contributed by atoms with Crippen LogP contribution in [0.1, 0.15) is 39.0 Å². The van der Waals surface area contributed by atoms with Gasteiger partial charge in [0.25, 0.3) is 10.1 Å². The van der Waals surface area contributed by atoms with E-state index in [4.69, 9.17) is 4.55 Å². The molecule has 0 aliphatic heterocycles. The number of unbranched alkanes of at least 4 members (excludes halogenated alkanes) is 4. The molecule has 0 fully saturated rings. The molecular formula is C7H16NaO3S+. The van der Waals surface area contributed by atoms with Gasteiger partial charge in [-0.15, -0.1) is 0 Å². The molecule has 0 saturated heterocycles. The van der Waals surface area contributed by atoms with Gasteiger partial charge in [-0.3, -0.25) is 4.55 Å². The number of hydrogen-bond donors (Lipinski definition) is 1. The summed E-state index contributed by atoms with van der Waals surface area (Å²) in [6, 6.07) is 0. The van der Waals surface area contributed by atoms with Crippen molar-refractivity contribution < 1.29 is 42.5 Å². The van der Waals surface area contributed by atoms with Crippen molar-refractivity contribution >= 4 is 10.1 Å². The maximum atomic E-state index is 10.2. The summed E-state index contributed by atoms with van der Waals surface area (Å²) in [7, 11) is -3.71. The summed E-state index contributed by atoms with van der Waals surface area (Å²) in [6.07, 6.45) is 4.83. The zero-order valence-corrected chi connectivity index (χ0v) is 10.7. The zero-order valence-electron chi connectivity index (χ0n) is 7.91. The van der Waals surface area contributed by atoms with E-state index < -0.39 is 10.1 Å². The fourth-order valence-electron chi connectivity index (χ4n) is 0.888. The predicted molar refractivity (Wildman–Crippen MR) is 45.2 cm³/mol. The monoisotopic (exact) mass is 203 g/mol. The average Bonchev–Trinajstić information content (AvgIpc) is 1.85. The molecule has 0 bridgehead atoms. The fraction of sp³-hybridized carbons (Fsp3) is 1.00. The molecule has 0 aliphatic carbocycles. The van der Waals surface area contributed by atoms with Crippen LogP contribution in [0.4, 0.5) is 0 Å². The third kappa shape index (κ3) is 13.5. The molecule has 0 unspecified atom stereocenters. The maximum absolute atomic E-state index is 10.2. The van der Waals surface area contributed by atoms with Gasteiger partial charge in [0.15, 0.2) is 0 Å². The van der Waals surface area contributed by atoms with Crippen LogP contribution in [0, 0.1) is 0 Å². The molecular weight excluding hydrogens is 187 g/mol. The first-order chi connectivity index (χ1) is 5.06. The van der Waals surface area contributed by atoms with Gasteiger partial charge in [-0.05, 0) is 6.42 Å². The van der Waals surface area contributed by atoms with Gasteiger partial charge in [0.05, 0.1) is 5.75 Å². The first-order valence-corrected chi connectivity index (χ1v) is 5.62. The van der Waals surface area contributed by atoms with Crippen LogP contribution in [0.25, 0.3) is 0 Å². The van der Waals surface area contributed by atoms with Crippen LogP contribution in [-0.4, -0.2) is 18.7 Å². The Labute approximate surface area is 97.0 Å². The molecule has 68 valence electrons. The standard InChI is InChI=1S/C7H16O3S.Na/c1-2-3-4-5-6-7-11(8,9)10;/h2-7H2,1H3,(H,8,9,10);/q;+1. The summed E-state index contributed by atoms with van der Waals surface area (Å²) in [5, 5.41) is 0. The molecule has 0 aromatic rings. The first-order valence-electron chi connectivity index (χ1n) is 4.01.